The number of aliphatic hydroxyl groups is 1. The van der Waals surface area contributed by atoms with Crippen molar-refractivity contribution in [2.75, 3.05) is 6.54 Å². The minimum absolute atomic E-state index is 0.123. The average molecular weight is 311 g/mol. The monoisotopic (exact) mass is 311 g/mol. The Balaban J connectivity index is 2.63. The molecule has 1 aliphatic rings. The smallest absolute Gasteiger partial charge is 0.326 e. The van der Waals surface area contributed by atoms with Gasteiger partial charge in [0, 0.05) is 18.9 Å². The second-order valence-corrected chi connectivity index (χ2v) is 6.71. The highest BCUT2D eigenvalue weighted by Crippen LogP contribution is 2.27. The molecule has 1 heterocycles. The number of aliphatic carboxylic acids is 1. The molecule has 5 nitrogen and oxygen atoms in total. The molecule has 0 saturated carbocycles. The average Bonchev–Trinajstić information content (AvgIpc) is 2.85. The lowest BCUT2D eigenvalue weighted by Crippen LogP contribution is -2.44. The highest BCUT2D eigenvalue weighted by molar-refractivity contribution is 5.85. The lowest BCUT2D eigenvalue weighted by molar-refractivity contribution is -0.150. The van der Waals surface area contributed by atoms with Gasteiger partial charge in [-0.15, -0.1) is 6.58 Å². The molecule has 1 unspecified atom stereocenters. The van der Waals surface area contributed by atoms with Gasteiger partial charge in [-0.2, -0.15) is 0 Å². The Morgan fingerprint density at radius 3 is 2.55 bits per heavy atom. The van der Waals surface area contributed by atoms with Gasteiger partial charge < -0.3 is 15.1 Å². The maximum atomic E-state index is 12.6. The van der Waals surface area contributed by atoms with Gasteiger partial charge in [-0.05, 0) is 31.1 Å². The second-order valence-electron chi connectivity index (χ2n) is 6.71. The van der Waals surface area contributed by atoms with Crippen molar-refractivity contribution in [3.8, 4) is 0 Å². The summed E-state index contributed by atoms with van der Waals surface area (Å²) in [6.45, 7) is 9.90. The molecule has 1 fully saturated rings. The van der Waals surface area contributed by atoms with Crippen LogP contribution in [0.1, 0.15) is 46.5 Å². The van der Waals surface area contributed by atoms with E-state index in [1.165, 1.54) is 4.90 Å². The van der Waals surface area contributed by atoms with E-state index in [1.54, 1.807) is 0 Å². The number of likely N-dealkylation sites (tertiary alicyclic amines) is 1. The predicted octanol–water partition coefficient (Wildman–Crippen LogP) is 2.30. The Morgan fingerprint density at radius 1 is 1.36 bits per heavy atom. The fraction of sp³-hybridized carbons (Fsp3) is 0.765. The van der Waals surface area contributed by atoms with Gasteiger partial charge in [-0.1, -0.05) is 26.8 Å². The Labute approximate surface area is 133 Å². The Kier molecular flexibility index (Phi) is 7.07. The van der Waals surface area contributed by atoms with E-state index in [4.69, 9.17) is 0 Å². The molecular formula is C17H29NO4. The molecule has 0 spiro atoms. The molecule has 0 aliphatic carbocycles. The zero-order chi connectivity index (χ0) is 16.9. The number of carboxylic acids is 1. The van der Waals surface area contributed by atoms with Gasteiger partial charge in [0.25, 0.3) is 0 Å². The van der Waals surface area contributed by atoms with Crippen molar-refractivity contribution in [2.24, 2.45) is 17.8 Å². The third-order valence-corrected chi connectivity index (χ3v) is 4.73. The lowest BCUT2D eigenvalue weighted by atomic mass is 9.85. The molecule has 0 aromatic rings. The quantitative estimate of drug-likeness (QED) is 0.674. The van der Waals surface area contributed by atoms with Gasteiger partial charge in [-0.3, -0.25) is 4.79 Å². The number of hydrogen-bond donors (Lipinski definition) is 2. The molecule has 126 valence electrons. The van der Waals surface area contributed by atoms with E-state index >= 15 is 0 Å². The van der Waals surface area contributed by atoms with Crippen LogP contribution >= 0.6 is 0 Å². The highest BCUT2D eigenvalue weighted by Gasteiger charge is 2.41. The first-order valence-electron chi connectivity index (χ1n) is 8.10. The molecule has 5 atom stereocenters. The van der Waals surface area contributed by atoms with E-state index in [-0.39, 0.29) is 30.7 Å². The van der Waals surface area contributed by atoms with Crippen molar-refractivity contribution < 1.29 is 19.8 Å². The van der Waals surface area contributed by atoms with Crippen LogP contribution in [0.25, 0.3) is 0 Å². The second kappa shape index (κ2) is 8.32. The number of aliphatic hydroxyl groups excluding tert-OH is 1. The van der Waals surface area contributed by atoms with Gasteiger partial charge in [0.2, 0.25) is 5.91 Å². The molecule has 0 aromatic heterocycles. The summed E-state index contributed by atoms with van der Waals surface area (Å²) >= 11 is 0. The maximum absolute atomic E-state index is 12.6. The van der Waals surface area contributed by atoms with Crippen molar-refractivity contribution in [1.82, 2.24) is 4.90 Å². The third kappa shape index (κ3) is 4.83. The van der Waals surface area contributed by atoms with E-state index < -0.39 is 18.1 Å². The standard InChI is InChI=1S/C17H29NO4/c1-5-6-7-11(2)8-12(3)13(4)16(20)18-10-14(19)9-15(18)17(21)22/h5,11-15,19H,1,6-10H2,2-4H3,(H,21,22)/t11?,12-,13+,14-,15+/m1/s1. The maximum Gasteiger partial charge on any atom is 0.326 e. The minimum Gasteiger partial charge on any atom is -0.480 e. The van der Waals surface area contributed by atoms with Crippen LogP contribution < -0.4 is 0 Å². The summed E-state index contributed by atoms with van der Waals surface area (Å²) in [5.41, 5.74) is 0. The SMILES string of the molecule is C=CCCC(C)C[C@@H](C)[C@H](C)C(=O)N1C[C@H](O)C[C@H]1C(=O)O. The zero-order valence-electron chi connectivity index (χ0n) is 13.9. The van der Waals surface area contributed by atoms with Crippen molar-refractivity contribution >= 4 is 11.9 Å². The first kappa shape index (κ1) is 18.7. The number of hydrogen-bond acceptors (Lipinski definition) is 3. The summed E-state index contributed by atoms with van der Waals surface area (Å²) in [4.78, 5) is 25.1. The zero-order valence-corrected chi connectivity index (χ0v) is 13.9. The molecule has 2 N–H and O–H groups in total. The van der Waals surface area contributed by atoms with Crippen LogP contribution in [0.3, 0.4) is 0 Å². The molecule has 0 bridgehead atoms. The highest BCUT2D eigenvalue weighted by atomic mass is 16.4. The van der Waals surface area contributed by atoms with E-state index in [2.05, 4.69) is 13.5 Å². The molecule has 22 heavy (non-hydrogen) atoms. The summed E-state index contributed by atoms with van der Waals surface area (Å²) in [6.07, 6.45) is 4.23. The van der Waals surface area contributed by atoms with Crippen molar-refractivity contribution in [2.45, 2.75) is 58.6 Å². The molecule has 1 saturated heterocycles. The van der Waals surface area contributed by atoms with Gasteiger partial charge in [0.1, 0.15) is 6.04 Å². The predicted molar refractivity (Wildman–Crippen MR) is 85.3 cm³/mol. The fourth-order valence-corrected chi connectivity index (χ4v) is 3.16. The topological polar surface area (TPSA) is 77.8 Å². The summed E-state index contributed by atoms with van der Waals surface area (Å²) < 4.78 is 0. The van der Waals surface area contributed by atoms with Gasteiger partial charge in [0.15, 0.2) is 0 Å². The summed E-state index contributed by atoms with van der Waals surface area (Å²) in [7, 11) is 0. The van der Waals surface area contributed by atoms with Gasteiger partial charge in [0.05, 0.1) is 6.10 Å². The van der Waals surface area contributed by atoms with Gasteiger partial charge in [-0.25, -0.2) is 4.79 Å². The number of carbonyl (C=O) groups is 2. The largest absolute Gasteiger partial charge is 0.480 e. The van der Waals surface area contributed by atoms with Crippen LogP contribution in [0.5, 0.6) is 0 Å². The number of allylic oxidation sites excluding steroid dienone is 1. The fourth-order valence-electron chi connectivity index (χ4n) is 3.16. The van der Waals surface area contributed by atoms with Crippen LogP contribution in [0.2, 0.25) is 0 Å². The van der Waals surface area contributed by atoms with E-state index in [1.807, 2.05) is 19.9 Å². The first-order chi connectivity index (χ1) is 10.3. The first-order valence-corrected chi connectivity index (χ1v) is 8.10. The van der Waals surface area contributed by atoms with Crippen molar-refractivity contribution in [3.05, 3.63) is 12.7 Å². The number of rotatable bonds is 8. The number of carbonyl (C=O) groups excluding carboxylic acids is 1. The Bertz CT molecular complexity index is 409. The molecule has 1 amide bonds. The van der Waals surface area contributed by atoms with Crippen LogP contribution in [-0.2, 0) is 9.59 Å². The van der Waals surface area contributed by atoms with Crippen LogP contribution in [-0.4, -0.2) is 45.7 Å². The van der Waals surface area contributed by atoms with Crippen molar-refractivity contribution in [3.63, 3.8) is 0 Å². The van der Waals surface area contributed by atoms with Gasteiger partial charge >= 0.3 is 5.97 Å². The molecule has 5 heteroatoms. The number of nitrogens with zero attached hydrogens (tertiary/aromatic N) is 1. The van der Waals surface area contributed by atoms with E-state index in [9.17, 15) is 19.8 Å². The number of amides is 1. The molecule has 1 rings (SSSR count). The molecule has 0 aromatic carbocycles. The third-order valence-electron chi connectivity index (χ3n) is 4.73. The Hall–Kier alpha value is -1.36. The number of β-amino-alcohol motifs (C(OH)–C–C–N with tert-alkyl or cyclic N) is 1. The van der Waals surface area contributed by atoms with Crippen LogP contribution in [0.4, 0.5) is 0 Å². The van der Waals surface area contributed by atoms with E-state index in [0.717, 1.165) is 19.3 Å². The normalized spacial score (nSPS) is 25.5. The lowest BCUT2D eigenvalue weighted by Gasteiger charge is -2.29. The van der Waals surface area contributed by atoms with Crippen molar-refractivity contribution in [1.29, 1.82) is 0 Å². The molecule has 1 aliphatic heterocycles. The summed E-state index contributed by atoms with van der Waals surface area (Å²) in [5.74, 6) is -0.753. The van der Waals surface area contributed by atoms with Crippen LogP contribution in [0.15, 0.2) is 12.7 Å². The molecular weight excluding hydrogens is 282 g/mol. The summed E-state index contributed by atoms with van der Waals surface area (Å²) in [6, 6.07) is -0.893. The summed E-state index contributed by atoms with van der Waals surface area (Å²) in [5, 5.41) is 18.9. The van der Waals surface area contributed by atoms with E-state index in [0.29, 0.717) is 5.92 Å². The Morgan fingerprint density at radius 2 is 2.00 bits per heavy atom. The molecule has 0 radical (unpaired) electrons. The number of carboxylic acid groups (broad SMARTS) is 1. The van der Waals surface area contributed by atoms with Crippen LogP contribution in [0, 0.1) is 17.8 Å². The minimum atomic E-state index is -1.04.